The van der Waals surface area contributed by atoms with Crippen molar-refractivity contribution in [1.82, 2.24) is 14.5 Å². The standard InChI is InChI=1S/C13H9BrClN3OS/c1-19-8-2-3-9(15)11(5-8)18-12-10(17-13(18)20)4-7(14)6-16-12/h2-6H,1H3,(H,17,20). The Morgan fingerprint density at radius 2 is 2.20 bits per heavy atom. The lowest BCUT2D eigenvalue weighted by atomic mass is 10.3. The van der Waals surface area contributed by atoms with Crippen LogP contribution in [-0.2, 0) is 0 Å². The van der Waals surface area contributed by atoms with E-state index in [-0.39, 0.29) is 0 Å². The molecule has 2 aromatic heterocycles. The molecule has 4 nitrogen and oxygen atoms in total. The zero-order valence-corrected chi connectivity index (χ0v) is 13.5. The minimum atomic E-state index is 0.528. The summed E-state index contributed by atoms with van der Waals surface area (Å²) in [5, 5.41) is 0.576. The van der Waals surface area contributed by atoms with E-state index in [4.69, 9.17) is 28.6 Å². The summed E-state index contributed by atoms with van der Waals surface area (Å²) in [6.07, 6.45) is 1.72. The number of nitrogens with zero attached hydrogens (tertiary/aromatic N) is 2. The van der Waals surface area contributed by atoms with Crippen molar-refractivity contribution in [2.45, 2.75) is 0 Å². The summed E-state index contributed by atoms with van der Waals surface area (Å²) in [7, 11) is 1.61. The molecule has 1 aromatic carbocycles. The molecular weight excluding hydrogens is 362 g/mol. The Bertz CT molecular complexity index is 858. The van der Waals surface area contributed by atoms with Crippen LogP contribution in [0.15, 0.2) is 34.9 Å². The van der Waals surface area contributed by atoms with Crippen molar-refractivity contribution in [3.63, 3.8) is 0 Å². The Labute approximate surface area is 133 Å². The maximum Gasteiger partial charge on any atom is 0.184 e. The number of pyridine rings is 1. The summed E-state index contributed by atoms with van der Waals surface area (Å²) < 4.78 is 8.44. The third-order valence-corrected chi connectivity index (χ3v) is 3.92. The first-order valence-corrected chi connectivity index (χ1v) is 7.28. The van der Waals surface area contributed by atoms with Gasteiger partial charge in [-0.15, -0.1) is 0 Å². The van der Waals surface area contributed by atoms with Crippen LogP contribution in [0.25, 0.3) is 16.9 Å². The highest BCUT2D eigenvalue weighted by atomic mass is 79.9. The summed E-state index contributed by atoms with van der Waals surface area (Å²) in [6, 6.07) is 7.32. The van der Waals surface area contributed by atoms with Crippen LogP contribution < -0.4 is 4.74 Å². The van der Waals surface area contributed by atoms with E-state index in [2.05, 4.69) is 25.9 Å². The van der Waals surface area contributed by atoms with Crippen LogP contribution in [0.2, 0.25) is 5.02 Å². The third kappa shape index (κ3) is 2.24. The summed E-state index contributed by atoms with van der Waals surface area (Å²) in [5.41, 5.74) is 2.29. The fraction of sp³-hybridized carbons (Fsp3) is 0.0769. The Kier molecular flexibility index (Phi) is 3.54. The van der Waals surface area contributed by atoms with Gasteiger partial charge in [0, 0.05) is 16.7 Å². The first kappa shape index (κ1) is 13.6. The normalized spacial score (nSPS) is 10.9. The fourth-order valence-corrected chi connectivity index (χ4v) is 2.81. The Morgan fingerprint density at radius 3 is 2.95 bits per heavy atom. The molecule has 1 N–H and O–H groups in total. The molecule has 7 heteroatoms. The van der Waals surface area contributed by atoms with Gasteiger partial charge in [0.2, 0.25) is 0 Å². The quantitative estimate of drug-likeness (QED) is 0.675. The fourth-order valence-electron chi connectivity index (χ4n) is 1.98. The lowest BCUT2D eigenvalue weighted by Gasteiger charge is -2.08. The van der Waals surface area contributed by atoms with Crippen molar-refractivity contribution in [2.75, 3.05) is 7.11 Å². The van der Waals surface area contributed by atoms with E-state index >= 15 is 0 Å². The number of aromatic nitrogens is 3. The van der Waals surface area contributed by atoms with E-state index in [0.29, 0.717) is 21.2 Å². The van der Waals surface area contributed by atoms with E-state index < -0.39 is 0 Å². The largest absolute Gasteiger partial charge is 0.497 e. The molecule has 0 aliphatic heterocycles. The van der Waals surface area contributed by atoms with Crippen molar-refractivity contribution < 1.29 is 4.74 Å². The van der Waals surface area contributed by atoms with E-state index in [0.717, 1.165) is 15.7 Å². The van der Waals surface area contributed by atoms with Crippen LogP contribution in [0.5, 0.6) is 5.75 Å². The third-order valence-electron chi connectivity index (χ3n) is 2.88. The van der Waals surface area contributed by atoms with Crippen molar-refractivity contribution in [3.05, 3.63) is 44.7 Å². The molecule has 0 radical (unpaired) electrons. The van der Waals surface area contributed by atoms with Crippen LogP contribution in [0.1, 0.15) is 0 Å². The maximum atomic E-state index is 6.27. The second-order valence-corrected chi connectivity index (χ2v) is 5.82. The SMILES string of the molecule is COc1ccc(Cl)c(-n2c(=S)[nH]c3cc(Br)cnc32)c1. The molecule has 0 fully saturated rings. The lowest BCUT2D eigenvalue weighted by Crippen LogP contribution is -1.97. The second-order valence-electron chi connectivity index (χ2n) is 4.11. The molecule has 0 saturated heterocycles. The molecule has 2 heterocycles. The highest BCUT2D eigenvalue weighted by Gasteiger charge is 2.12. The topological polar surface area (TPSA) is 42.8 Å². The van der Waals surface area contributed by atoms with Crippen molar-refractivity contribution in [3.8, 4) is 11.4 Å². The number of benzene rings is 1. The highest BCUT2D eigenvalue weighted by Crippen LogP contribution is 2.29. The van der Waals surface area contributed by atoms with Crippen molar-refractivity contribution in [2.24, 2.45) is 0 Å². The van der Waals surface area contributed by atoms with Crippen LogP contribution in [0.3, 0.4) is 0 Å². The Balaban J connectivity index is 2.34. The number of hydrogen-bond acceptors (Lipinski definition) is 3. The molecule has 0 atom stereocenters. The minimum absolute atomic E-state index is 0.528. The van der Waals surface area contributed by atoms with Gasteiger partial charge in [0.05, 0.1) is 23.3 Å². The van der Waals surface area contributed by atoms with Crippen LogP contribution in [0.4, 0.5) is 0 Å². The van der Waals surface area contributed by atoms with Gasteiger partial charge in [0.1, 0.15) is 5.75 Å². The van der Waals surface area contributed by atoms with Crippen molar-refractivity contribution >= 4 is 50.9 Å². The van der Waals surface area contributed by atoms with Gasteiger partial charge in [-0.25, -0.2) is 4.98 Å². The minimum Gasteiger partial charge on any atom is -0.497 e. The summed E-state index contributed by atoms with van der Waals surface area (Å²) in [4.78, 5) is 7.51. The molecule has 0 spiro atoms. The molecule has 0 aliphatic rings. The second kappa shape index (κ2) is 5.20. The van der Waals surface area contributed by atoms with Crippen LogP contribution in [-0.4, -0.2) is 21.6 Å². The van der Waals surface area contributed by atoms with Gasteiger partial charge in [0.25, 0.3) is 0 Å². The number of imidazole rings is 1. The van der Waals surface area contributed by atoms with Gasteiger partial charge in [-0.3, -0.25) is 4.57 Å². The molecule has 0 unspecified atom stereocenters. The van der Waals surface area contributed by atoms with Gasteiger partial charge in [0.15, 0.2) is 10.4 Å². The molecule has 0 saturated carbocycles. The van der Waals surface area contributed by atoms with E-state index in [1.54, 1.807) is 30.0 Å². The number of aromatic amines is 1. The molecule has 20 heavy (non-hydrogen) atoms. The molecule has 0 amide bonds. The molecule has 0 bridgehead atoms. The number of halogens is 2. The van der Waals surface area contributed by atoms with Gasteiger partial charge < -0.3 is 9.72 Å². The monoisotopic (exact) mass is 369 g/mol. The van der Waals surface area contributed by atoms with E-state index in [9.17, 15) is 0 Å². The number of fused-ring (bicyclic) bond motifs is 1. The Hall–Kier alpha value is -1.37. The number of ether oxygens (including phenoxy) is 1. The number of H-pyrrole nitrogens is 1. The highest BCUT2D eigenvalue weighted by molar-refractivity contribution is 9.10. The molecule has 0 aliphatic carbocycles. The lowest BCUT2D eigenvalue weighted by molar-refractivity contribution is 0.414. The molecule has 3 aromatic rings. The van der Waals surface area contributed by atoms with Crippen LogP contribution in [0, 0.1) is 4.77 Å². The van der Waals surface area contributed by atoms with Crippen molar-refractivity contribution in [1.29, 1.82) is 0 Å². The predicted molar refractivity (Wildman–Crippen MR) is 85.5 cm³/mol. The molecular formula is C13H9BrClN3OS. The number of methoxy groups -OCH3 is 1. The van der Waals surface area contributed by atoms with Gasteiger partial charge in [-0.2, -0.15) is 0 Å². The first-order chi connectivity index (χ1) is 9.60. The van der Waals surface area contributed by atoms with Gasteiger partial charge >= 0.3 is 0 Å². The Morgan fingerprint density at radius 1 is 1.40 bits per heavy atom. The average molecular weight is 371 g/mol. The van der Waals surface area contributed by atoms with Gasteiger partial charge in [-0.05, 0) is 46.3 Å². The van der Waals surface area contributed by atoms with Gasteiger partial charge in [-0.1, -0.05) is 11.6 Å². The maximum absolute atomic E-state index is 6.27. The number of hydrogen-bond donors (Lipinski definition) is 1. The predicted octanol–water partition coefficient (Wildman–Crippen LogP) is 4.51. The molecule has 102 valence electrons. The summed E-state index contributed by atoms with van der Waals surface area (Å²) in [5.74, 6) is 0.706. The average Bonchev–Trinajstić information content (AvgIpc) is 2.74. The smallest absolute Gasteiger partial charge is 0.184 e. The van der Waals surface area contributed by atoms with Crippen LogP contribution >= 0.6 is 39.7 Å². The molecule has 3 rings (SSSR count). The first-order valence-electron chi connectivity index (χ1n) is 5.70. The summed E-state index contributed by atoms with van der Waals surface area (Å²) >= 11 is 15.0. The van der Waals surface area contributed by atoms with E-state index in [1.807, 2.05) is 12.1 Å². The zero-order chi connectivity index (χ0) is 14.3. The number of rotatable bonds is 2. The zero-order valence-electron chi connectivity index (χ0n) is 10.4. The summed E-state index contributed by atoms with van der Waals surface area (Å²) in [6.45, 7) is 0. The number of nitrogens with one attached hydrogen (secondary N) is 1. The van der Waals surface area contributed by atoms with E-state index in [1.165, 1.54) is 0 Å².